The van der Waals surface area contributed by atoms with E-state index in [-0.39, 0.29) is 2.85 Å². The van der Waals surface area contributed by atoms with Crippen molar-refractivity contribution in [2.75, 3.05) is 6.61 Å². The first-order chi connectivity index (χ1) is 13.5. The molecule has 28 heavy (non-hydrogen) atoms. The lowest BCUT2D eigenvalue weighted by Crippen LogP contribution is -2.27. The van der Waals surface area contributed by atoms with Gasteiger partial charge in [-0.25, -0.2) is 13.2 Å². The maximum atomic E-state index is 13.5. The summed E-state index contributed by atoms with van der Waals surface area (Å²) in [5, 5.41) is 0. The van der Waals surface area contributed by atoms with Gasteiger partial charge in [0.25, 0.3) is 0 Å². The van der Waals surface area contributed by atoms with Gasteiger partial charge in [-0.05, 0) is 91.9 Å². The molecule has 0 aromatic heterocycles. The van der Waals surface area contributed by atoms with Crippen molar-refractivity contribution in [3.63, 3.8) is 0 Å². The van der Waals surface area contributed by atoms with Crippen molar-refractivity contribution in [3.8, 4) is 0 Å². The third-order valence-corrected chi connectivity index (χ3v) is 7.45. The van der Waals surface area contributed by atoms with Crippen molar-refractivity contribution in [2.45, 2.75) is 70.8 Å². The Morgan fingerprint density at radius 2 is 1.43 bits per heavy atom. The first-order valence-electron chi connectivity index (χ1n) is 11.0. The van der Waals surface area contributed by atoms with E-state index in [1.807, 2.05) is 0 Å². The Morgan fingerprint density at radius 3 is 1.96 bits per heavy atom. The lowest BCUT2D eigenvalue weighted by Gasteiger charge is -2.38. The second-order valence-corrected chi connectivity index (χ2v) is 9.24. The Hall–Kier alpha value is -1.29. The topological polar surface area (TPSA) is 9.23 Å². The minimum Gasteiger partial charge on any atom is -0.369 e. The second kappa shape index (κ2) is 8.61. The molecule has 2 aliphatic carbocycles. The molecule has 0 spiro atoms. The SMILES string of the molecule is CC1CCC(C2CCC(C3=CCC(c4cc(F)c(F)c(F)c4)OC3)CC2)CC1.[HH].[HH]. The van der Waals surface area contributed by atoms with Crippen LogP contribution in [0.2, 0.25) is 0 Å². The summed E-state index contributed by atoms with van der Waals surface area (Å²) in [6.45, 7) is 2.90. The minimum atomic E-state index is -1.42. The average molecular weight is 397 g/mol. The Bertz CT molecular complexity index is 700. The molecule has 1 unspecified atom stereocenters. The van der Waals surface area contributed by atoms with E-state index in [2.05, 4.69) is 13.0 Å². The summed E-state index contributed by atoms with van der Waals surface area (Å²) in [5.41, 5.74) is 1.72. The van der Waals surface area contributed by atoms with Crippen LogP contribution in [0.5, 0.6) is 0 Å². The van der Waals surface area contributed by atoms with Gasteiger partial charge in [0.15, 0.2) is 17.5 Å². The molecule has 2 saturated carbocycles. The monoisotopic (exact) mass is 396 g/mol. The van der Waals surface area contributed by atoms with Gasteiger partial charge in [0.2, 0.25) is 0 Å². The number of rotatable bonds is 3. The molecular weight excluding hydrogens is 361 g/mol. The Kier molecular flexibility index (Phi) is 6.15. The average Bonchev–Trinajstić information content (AvgIpc) is 2.72. The fourth-order valence-electron chi connectivity index (χ4n) is 5.58. The lowest BCUT2D eigenvalue weighted by molar-refractivity contribution is 0.0516. The zero-order chi connectivity index (χ0) is 19.7. The highest BCUT2D eigenvalue weighted by molar-refractivity contribution is 5.24. The summed E-state index contributed by atoms with van der Waals surface area (Å²) < 4.78 is 46.1. The molecule has 1 aromatic carbocycles. The molecule has 1 nitrogen and oxygen atoms in total. The highest BCUT2D eigenvalue weighted by Crippen LogP contribution is 2.43. The zero-order valence-electron chi connectivity index (χ0n) is 16.7. The van der Waals surface area contributed by atoms with Gasteiger partial charge in [-0.3, -0.25) is 0 Å². The molecule has 0 N–H and O–H groups in total. The maximum Gasteiger partial charge on any atom is 0.194 e. The first kappa shape index (κ1) is 20.0. The molecule has 1 heterocycles. The lowest BCUT2D eigenvalue weighted by atomic mass is 9.68. The fourth-order valence-corrected chi connectivity index (χ4v) is 5.58. The molecule has 4 heteroatoms. The predicted molar refractivity (Wildman–Crippen MR) is 109 cm³/mol. The van der Waals surface area contributed by atoms with E-state index in [1.54, 1.807) is 0 Å². The van der Waals surface area contributed by atoms with E-state index >= 15 is 0 Å². The van der Waals surface area contributed by atoms with Crippen molar-refractivity contribution in [3.05, 3.63) is 46.8 Å². The van der Waals surface area contributed by atoms with Gasteiger partial charge < -0.3 is 4.74 Å². The normalized spacial score (nSPS) is 34.1. The van der Waals surface area contributed by atoms with E-state index in [1.165, 1.54) is 56.9 Å². The van der Waals surface area contributed by atoms with E-state index in [0.29, 0.717) is 24.5 Å². The van der Waals surface area contributed by atoms with Crippen LogP contribution in [0.25, 0.3) is 0 Å². The van der Waals surface area contributed by atoms with Crippen LogP contribution in [-0.2, 0) is 4.74 Å². The Labute approximate surface area is 169 Å². The van der Waals surface area contributed by atoms with Crippen LogP contribution >= 0.6 is 0 Å². The van der Waals surface area contributed by atoms with Gasteiger partial charge in [0.1, 0.15) is 0 Å². The van der Waals surface area contributed by atoms with Crippen LogP contribution in [0.15, 0.2) is 23.8 Å². The third-order valence-electron chi connectivity index (χ3n) is 7.45. The molecule has 0 amide bonds. The van der Waals surface area contributed by atoms with Crippen molar-refractivity contribution in [2.24, 2.45) is 23.7 Å². The van der Waals surface area contributed by atoms with Gasteiger partial charge in [-0.15, -0.1) is 0 Å². The van der Waals surface area contributed by atoms with Gasteiger partial charge in [-0.2, -0.15) is 0 Å². The Balaban J connectivity index is 0.00000160. The molecule has 0 radical (unpaired) electrons. The molecule has 0 saturated heterocycles. The highest BCUT2D eigenvalue weighted by Gasteiger charge is 2.32. The van der Waals surface area contributed by atoms with Crippen LogP contribution in [0.4, 0.5) is 13.2 Å². The molecule has 158 valence electrons. The van der Waals surface area contributed by atoms with Crippen LogP contribution in [0.1, 0.15) is 79.2 Å². The quantitative estimate of drug-likeness (QED) is 0.377. The van der Waals surface area contributed by atoms with Gasteiger partial charge in [0.05, 0.1) is 12.7 Å². The van der Waals surface area contributed by atoms with E-state index in [9.17, 15) is 13.2 Å². The summed E-state index contributed by atoms with van der Waals surface area (Å²) in [4.78, 5) is 0. The molecular formula is C24H35F3O. The molecule has 1 atom stereocenters. The standard InChI is InChI=1S/C24H31F3O.2H2/c1-15-2-4-16(5-3-15)17-6-8-18(9-7-17)19-10-11-23(28-14-19)20-12-21(25)24(27)22(26)13-20;;/h10,12-13,15-18,23H,2-9,11,14H2,1H3;2*1H. The zero-order valence-corrected chi connectivity index (χ0v) is 16.7. The summed E-state index contributed by atoms with van der Waals surface area (Å²) >= 11 is 0. The van der Waals surface area contributed by atoms with Gasteiger partial charge >= 0.3 is 0 Å². The molecule has 2 fully saturated rings. The van der Waals surface area contributed by atoms with Crippen molar-refractivity contribution in [1.82, 2.24) is 0 Å². The van der Waals surface area contributed by atoms with E-state index in [0.717, 1.165) is 29.9 Å². The molecule has 1 aromatic rings. The van der Waals surface area contributed by atoms with Crippen molar-refractivity contribution in [1.29, 1.82) is 0 Å². The van der Waals surface area contributed by atoms with Crippen molar-refractivity contribution >= 4 is 0 Å². The Morgan fingerprint density at radius 1 is 0.857 bits per heavy atom. The number of hydrogen-bond donors (Lipinski definition) is 0. The predicted octanol–water partition coefficient (Wildman–Crippen LogP) is 7.62. The van der Waals surface area contributed by atoms with Gasteiger partial charge in [0, 0.05) is 2.85 Å². The first-order valence-corrected chi connectivity index (χ1v) is 11.0. The van der Waals surface area contributed by atoms with Crippen LogP contribution in [0.3, 0.4) is 0 Å². The van der Waals surface area contributed by atoms with Crippen LogP contribution < -0.4 is 0 Å². The highest BCUT2D eigenvalue weighted by atomic mass is 19.2. The number of ether oxygens (including phenoxy) is 1. The smallest absolute Gasteiger partial charge is 0.194 e. The largest absolute Gasteiger partial charge is 0.369 e. The third kappa shape index (κ3) is 4.32. The molecule has 4 rings (SSSR count). The van der Waals surface area contributed by atoms with Crippen LogP contribution in [-0.4, -0.2) is 6.61 Å². The molecule has 0 bridgehead atoms. The summed E-state index contributed by atoms with van der Waals surface area (Å²) in [5.74, 6) is -0.393. The summed E-state index contributed by atoms with van der Waals surface area (Å²) in [6.07, 6.45) is 13.1. The second-order valence-electron chi connectivity index (χ2n) is 9.24. The molecule has 1 aliphatic heterocycles. The molecule has 3 aliphatic rings. The van der Waals surface area contributed by atoms with Gasteiger partial charge in [-0.1, -0.05) is 25.8 Å². The number of benzene rings is 1. The minimum absolute atomic E-state index is 0. The summed E-state index contributed by atoms with van der Waals surface area (Å²) in [7, 11) is 0. The maximum absolute atomic E-state index is 13.5. The number of halogens is 3. The van der Waals surface area contributed by atoms with E-state index < -0.39 is 23.6 Å². The van der Waals surface area contributed by atoms with Crippen LogP contribution in [0, 0.1) is 41.1 Å². The van der Waals surface area contributed by atoms with E-state index in [4.69, 9.17) is 4.74 Å². The number of hydrogen-bond acceptors (Lipinski definition) is 1. The summed E-state index contributed by atoms with van der Waals surface area (Å²) in [6, 6.07) is 2.11. The van der Waals surface area contributed by atoms with Crippen molar-refractivity contribution < 1.29 is 20.8 Å². The fraction of sp³-hybridized carbons (Fsp3) is 0.667.